The number of carboxylic acid groups (broad SMARTS) is 2. The van der Waals surface area contributed by atoms with Crippen LogP contribution in [0.4, 0.5) is 0 Å². The van der Waals surface area contributed by atoms with Crippen LogP contribution in [-0.2, 0) is 20.9 Å². The number of ether oxygens (including phenoxy) is 1. The maximum Gasteiger partial charge on any atom is 0.310 e. The van der Waals surface area contributed by atoms with Crippen LogP contribution in [0.2, 0.25) is 0 Å². The first-order valence-corrected chi connectivity index (χ1v) is 8.07. The Hall–Kier alpha value is -2.72. The highest BCUT2D eigenvalue weighted by molar-refractivity contribution is 5.70. The van der Waals surface area contributed by atoms with Gasteiger partial charge >= 0.3 is 5.97 Å². The summed E-state index contributed by atoms with van der Waals surface area (Å²) in [6.07, 6.45) is 0. The van der Waals surface area contributed by atoms with Gasteiger partial charge in [-0.2, -0.15) is 0 Å². The number of aliphatic carboxylic acids is 2. The first kappa shape index (κ1) is 19.6. The van der Waals surface area contributed by atoms with Crippen LogP contribution >= 0.6 is 0 Å². The van der Waals surface area contributed by atoms with E-state index in [0.29, 0.717) is 37.6 Å². The fourth-order valence-electron chi connectivity index (χ4n) is 2.64. The highest BCUT2D eigenvalue weighted by Gasteiger charge is 2.24. The third-order valence-corrected chi connectivity index (χ3v) is 3.72. The van der Waals surface area contributed by atoms with E-state index in [9.17, 15) is 9.59 Å². The highest BCUT2D eigenvalue weighted by atomic mass is 16.5. The Balaban J connectivity index is 0.000000552. The lowest BCUT2D eigenvalue weighted by atomic mass is 10.1. The molecular weight excluding hydrogens is 344 g/mol. The van der Waals surface area contributed by atoms with Gasteiger partial charge in [0, 0.05) is 44.4 Å². The van der Waals surface area contributed by atoms with Crippen molar-refractivity contribution in [3.8, 4) is 0 Å². The molecule has 1 fully saturated rings. The fraction of sp³-hybridized carbons (Fsp3) is 0.500. The molecule has 0 aromatic carbocycles. The van der Waals surface area contributed by atoms with Gasteiger partial charge in [0.2, 0.25) is 0 Å². The predicted molar refractivity (Wildman–Crippen MR) is 91.1 cm³/mol. The predicted octanol–water partition coefficient (Wildman–Crippen LogP) is -0.0451. The largest absolute Gasteiger partial charge is 0.481 e. The molecule has 1 saturated heterocycles. The van der Waals surface area contributed by atoms with Crippen LogP contribution < -0.4 is 5.56 Å². The summed E-state index contributed by atoms with van der Waals surface area (Å²) in [6.45, 7) is 5.09. The molecule has 0 bridgehead atoms. The second kappa shape index (κ2) is 8.59. The Morgan fingerprint density at radius 1 is 1.38 bits per heavy atom. The van der Waals surface area contributed by atoms with E-state index < -0.39 is 17.9 Å². The normalized spacial score (nSPS) is 18.0. The van der Waals surface area contributed by atoms with E-state index in [-0.39, 0.29) is 12.2 Å². The van der Waals surface area contributed by atoms with Crippen LogP contribution in [0.15, 0.2) is 16.9 Å². The number of rotatable bonds is 3. The fourth-order valence-corrected chi connectivity index (χ4v) is 2.64. The van der Waals surface area contributed by atoms with E-state index in [4.69, 9.17) is 19.7 Å². The van der Waals surface area contributed by atoms with Crippen LogP contribution in [0.25, 0.3) is 5.65 Å². The van der Waals surface area contributed by atoms with E-state index in [0.717, 1.165) is 12.6 Å². The molecule has 0 radical (unpaired) electrons. The van der Waals surface area contributed by atoms with Gasteiger partial charge in [-0.25, -0.2) is 9.50 Å². The van der Waals surface area contributed by atoms with Crippen molar-refractivity contribution >= 4 is 17.6 Å². The summed E-state index contributed by atoms with van der Waals surface area (Å²) in [6, 6.07) is 3.28. The van der Waals surface area contributed by atoms with Gasteiger partial charge < -0.3 is 14.9 Å². The van der Waals surface area contributed by atoms with Crippen molar-refractivity contribution in [1.82, 2.24) is 19.5 Å². The quantitative estimate of drug-likeness (QED) is 0.688. The van der Waals surface area contributed by atoms with E-state index >= 15 is 0 Å². The summed E-state index contributed by atoms with van der Waals surface area (Å²) in [7, 11) is 0. The zero-order valence-corrected chi connectivity index (χ0v) is 14.6. The minimum absolute atomic E-state index is 0.172. The standard InChI is InChI=1S/C14H18N4O4.C2H4O2/c1-9-4-12-15-11(5-13(19)18(12)16-9)7-17-2-3-22-8-10(6-17)14(20)21;1-2(3)4/h4-5,10,16H,2-3,6-8H2,1H3,(H,20,21);1H3,(H,3,4). The van der Waals surface area contributed by atoms with Gasteiger partial charge in [-0.3, -0.25) is 24.4 Å². The monoisotopic (exact) mass is 366 g/mol. The van der Waals surface area contributed by atoms with Gasteiger partial charge in [-0.15, -0.1) is 0 Å². The minimum Gasteiger partial charge on any atom is -0.481 e. The molecule has 1 unspecified atom stereocenters. The van der Waals surface area contributed by atoms with Gasteiger partial charge in [0.25, 0.3) is 11.5 Å². The Morgan fingerprint density at radius 2 is 2.08 bits per heavy atom. The number of nitrogens with zero attached hydrogens (tertiary/aromatic N) is 3. The summed E-state index contributed by atoms with van der Waals surface area (Å²) in [5, 5.41) is 19.5. The van der Waals surface area contributed by atoms with Crippen LogP contribution in [0.5, 0.6) is 0 Å². The van der Waals surface area contributed by atoms with Crippen molar-refractivity contribution in [3.63, 3.8) is 0 Å². The average Bonchev–Trinajstić information content (AvgIpc) is 2.75. The average molecular weight is 366 g/mol. The number of fused-ring (bicyclic) bond motifs is 1. The summed E-state index contributed by atoms with van der Waals surface area (Å²) in [4.78, 5) is 38.6. The summed E-state index contributed by atoms with van der Waals surface area (Å²) in [5.74, 6) is -2.25. The number of aryl methyl sites for hydroxylation is 1. The molecule has 2 aromatic heterocycles. The second-order valence-electron chi connectivity index (χ2n) is 6.08. The first-order chi connectivity index (χ1) is 12.3. The topological polar surface area (TPSA) is 137 Å². The number of hydrogen-bond acceptors (Lipinski definition) is 6. The molecule has 3 heterocycles. The van der Waals surface area contributed by atoms with Gasteiger partial charge in [0.15, 0.2) is 5.65 Å². The first-order valence-electron chi connectivity index (χ1n) is 8.07. The highest BCUT2D eigenvalue weighted by Crippen LogP contribution is 2.11. The third-order valence-electron chi connectivity index (χ3n) is 3.72. The smallest absolute Gasteiger partial charge is 0.310 e. The number of aromatic nitrogens is 3. The van der Waals surface area contributed by atoms with Crippen molar-refractivity contribution in [2.24, 2.45) is 5.92 Å². The van der Waals surface area contributed by atoms with E-state index in [1.807, 2.05) is 11.8 Å². The van der Waals surface area contributed by atoms with Crippen LogP contribution in [0.3, 0.4) is 0 Å². The molecule has 3 rings (SSSR count). The Bertz CT molecular complexity index is 839. The van der Waals surface area contributed by atoms with Crippen molar-refractivity contribution in [2.45, 2.75) is 20.4 Å². The van der Waals surface area contributed by atoms with Crippen LogP contribution in [-0.4, -0.2) is 68.0 Å². The number of carboxylic acids is 2. The van der Waals surface area contributed by atoms with Gasteiger partial charge in [0.1, 0.15) is 0 Å². The molecule has 10 nitrogen and oxygen atoms in total. The van der Waals surface area contributed by atoms with Crippen LogP contribution in [0, 0.1) is 12.8 Å². The molecule has 142 valence electrons. The molecule has 26 heavy (non-hydrogen) atoms. The van der Waals surface area contributed by atoms with E-state index in [1.165, 1.54) is 10.6 Å². The van der Waals surface area contributed by atoms with Gasteiger partial charge in [0.05, 0.1) is 24.8 Å². The zero-order chi connectivity index (χ0) is 19.3. The maximum atomic E-state index is 12.0. The number of carbonyl (C=O) groups is 2. The van der Waals surface area contributed by atoms with Crippen LogP contribution in [0.1, 0.15) is 18.3 Å². The van der Waals surface area contributed by atoms with Crippen molar-refractivity contribution in [3.05, 3.63) is 33.9 Å². The van der Waals surface area contributed by atoms with Crippen molar-refractivity contribution < 1.29 is 24.5 Å². The Labute approximate surface area is 149 Å². The molecular formula is C16H22N4O6. The maximum absolute atomic E-state index is 12.0. The lowest BCUT2D eigenvalue weighted by Gasteiger charge is -2.20. The van der Waals surface area contributed by atoms with Crippen molar-refractivity contribution in [1.29, 1.82) is 0 Å². The molecule has 0 spiro atoms. The van der Waals surface area contributed by atoms with E-state index in [2.05, 4.69) is 10.1 Å². The molecule has 2 aromatic rings. The number of H-pyrrole nitrogens is 1. The summed E-state index contributed by atoms with van der Waals surface area (Å²) >= 11 is 0. The Morgan fingerprint density at radius 3 is 2.73 bits per heavy atom. The molecule has 0 saturated carbocycles. The van der Waals surface area contributed by atoms with Gasteiger partial charge in [-0.1, -0.05) is 0 Å². The van der Waals surface area contributed by atoms with Gasteiger partial charge in [-0.05, 0) is 6.92 Å². The summed E-state index contributed by atoms with van der Waals surface area (Å²) < 4.78 is 6.71. The third kappa shape index (κ3) is 5.39. The minimum atomic E-state index is -0.864. The number of aromatic amines is 1. The second-order valence-corrected chi connectivity index (χ2v) is 6.08. The lowest BCUT2D eigenvalue weighted by molar-refractivity contribution is -0.143. The molecule has 10 heteroatoms. The molecule has 1 atom stereocenters. The molecule has 1 aliphatic heterocycles. The lowest BCUT2D eigenvalue weighted by Crippen LogP contribution is -2.33. The summed E-state index contributed by atoms with van der Waals surface area (Å²) in [5.41, 5.74) is 1.89. The zero-order valence-electron chi connectivity index (χ0n) is 14.6. The van der Waals surface area contributed by atoms with E-state index in [1.54, 1.807) is 6.07 Å². The molecule has 3 N–H and O–H groups in total. The molecule has 0 amide bonds. The number of hydrogen-bond donors (Lipinski definition) is 3. The Kier molecular flexibility index (Phi) is 6.47. The molecule has 1 aliphatic rings. The molecule has 0 aliphatic carbocycles. The SMILES string of the molecule is CC(=O)O.Cc1cc2nc(CN3CCOCC(C(=O)O)C3)cc(=O)n2[nH]1. The van der Waals surface area contributed by atoms with Crippen molar-refractivity contribution in [2.75, 3.05) is 26.3 Å². The number of nitrogens with one attached hydrogen (secondary N) is 1.